The van der Waals surface area contributed by atoms with E-state index in [4.69, 9.17) is 0 Å². The van der Waals surface area contributed by atoms with Crippen molar-refractivity contribution in [3.63, 3.8) is 0 Å². The summed E-state index contributed by atoms with van der Waals surface area (Å²) in [6.45, 7) is 0.913. The minimum Gasteiger partial charge on any atom is -0.323 e. The molecule has 3 rings (SSSR count). The van der Waals surface area contributed by atoms with Crippen molar-refractivity contribution in [2.75, 3.05) is 11.9 Å². The molecule has 0 bridgehead atoms. The lowest BCUT2D eigenvalue weighted by Crippen LogP contribution is -2.35. The molecule has 1 amide bonds. The Labute approximate surface area is 135 Å². The summed E-state index contributed by atoms with van der Waals surface area (Å²) in [7, 11) is 0. The molecule has 0 saturated carbocycles. The minimum atomic E-state index is -0.0756. The number of hydrogen-bond acceptors (Lipinski definition) is 4. The zero-order chi connectivity index (χ0) is 13.1. The summed E-state index contributed by atoms with van der Waals surface area (Å²) in [6, 6.07) is 3.61. The van der Waals surface area contributed by atoms with Crippen molar-refractivity contribution >= 4 is 36.4 Å². The number of nitrogens with zero attached hydrogens (tertiary/aromatic N) is 3. The van der Waals surface area contributed by atoms with Crippen LogP contribution in [0.25, 0.3) is 5.82 Å². The first-order valence-electron chi connectivity index (χ1n) is 6.31. The molecule has 0 radical (unpaired) electrons. The molecule has 8 heteroatoms. The third-order valence-electron chi connectivity index (χ3n) is 3.16. The lowest BCUT2D eigenvalue weighted by atomic mass is 10.2. The van der Waals surface area contributed by atoms with Crippen LogP contribution in [0.3, 0.4) is 0 Å². The van der Waals surface area contributed by atoms with E-state index >= 15 is 0 Å². The smallest absolute Gasteiger partial charge is 0.241 e. The number of pyridine rings is 1. The lowest BCUT2D eigenvalue weighted by Gasteiger charge is -2.11. The van der Waals surface area contributed by atoms with Crippen LogP contribution in [0.2, 0.25) is 0 Å². The predicted octanol–water partition coefficient (Wildman–Crippen LogP) is 1.80. The first-order chi connectivity index (χ1) is 9.33. The summed E-state index contributed by atoms with van der Waals surface area (Å²) in [5, 5.41) is 6.03. The van der Waals surface area contributed by atoms with Gasteiger partial charge in [0.05, 0.1) is 17.9 Å². The van der Waals surface area contributed by atoms with Gasteiger partial charge >= 0.3 is 0 Å². The highest BCUT2D eigenvalue weighted by atomic mass is 35.5. The molecule has 1 saturated heterocycles. The molecule has 2 aromatic rings. The first-order valence-corrected chi connectivity index (χ1v) is 6.31. The van der Waals surface area contributed by atoms with Gasteiger partial charge in [-0.3, -0.25) is 9.36 Å². The molecule has 1 aliphatic heterocycles. The van der Waals surface area contributed by atoms with Gasteiger partial charge in [0.25, 0.3) is 0 Å². The zero-order valence-corrected chi connectivity index (χ0v) is 12.9. The van der Waals surface area contributed by atoms with Crippen LogP contribution in [0.5, 0.6) is 0 Å². The number of halogens is 2. The highest BCUT2D eigenvalue weighted by molar-refractivity contribution is 5.94. The number of nitrogens with one attached hydrogen (secondary N) is 2. The number of hydrogen-bond donors (Lipinski definition) is 2. The van der Waals surface area contributed by atoms with Crippen molar-refractivity contribution in [2.24, 2.45) is 0 Å². The molecule has 21 heavy (non-hydrogen) atoms. The van der Waals surface area contributed by atoms with E-state index in [1.54, 1.807) is 18.7 Å². The Hall–Kier alpha value is -1.63. The van der Waals surface area contributed by atoms with Gasteiger partial charge in [-0.05, 0) is 31.5 Å². The average molecular weight is 330 g/mol. The van der Waals surface area contributed by atoms with E-state index in [0.717, 1.165) is 25.2 Å². The van der Waals surface area contributed by atoms with E-state index in [9.17, 15) is 4.79 Å². The van der Waals surface area contributed by atoms with Gasteiger partial charge in [-0.2, -0.15) is 0 Å². The number of anilines is 1. The molecule has 3 heterocycles. The van der Waals surface area contributed by atoms with Crippen LogP contribution >= 0.6 is 24.8 Å². The molecular formula is C13H17Cl2N5O. The molecule has 114 valence electrons. The lowest BCUT2D eigenvalue weighted by molar-refractivity contribution is -0.117. The second-order valence-corrected chi connectivity index (χ2v) is 4.51. The fourth-order valence-electron chi connectivity index (χ4n) is 2.15. The molecule has 0 aliphatic carbocycles. The molecular weight excluding hydrogens is 313 g/mol. The van der Waals surface area contributed by atoms with Gasteiger partial charge < -0.3 is 10.6 Å². The third-order valence-corrected chi connectivity index (χ3v) is 3.16. The Morgan fingerprint density at radius 2 is 2.24 bits per heavy atom. The Kier molecular flexibility index (Phi) is 6.61. The quantitative estimate of drug-likeness (QED) is 0.900. The third kappa shape index (κ3) is 4.17. The maximum Gasteiger partial charge on any atom is 0.241 e. The second kappa shape index (κ2) is 7.97. The van der Waals surface area contributed by atoms with Crippen LogP contribution in [0.4, 0.5) is 5.69 Å². The van der Waals surface area contributed by atoms with Gasteiger partial charge in [0, 0.05) is 12.4 Å². The van der Waals surface area contributed by atoms with Crippen LogP contribution in [-0.2, 0) is 4.79 Å². The molecule has 2 aromatic heterocycles. The zero-order valence-electron chi connectivity index (χ0n) is 11.2. The van der Waals surface area contributed by atoms with E-state index in [-0.39, 0.29) is 36.8 Å². The standard InChI is InChI=1S/C13H15N5O.2ClH/c19-13(11-2-1-5-15-11)17-10-3-4-12(16-8-10)18-7-6-14-9-18;;/h3-4,6-9,11,15H,1-2,5H2,(H,17,19);2*1H/t11-;;/m0../s1. The minimum absolute atomic E-state index is 0. The fraction of sp³-hybridized carbons (Fsp3) is 0.308. The summed E-state index contributed by atoms with van der Waals surface area (Å²) in [4.78, 5) is 20.2. The molecule has 0 unspecified atom stereocenters. The van der Waals surface area contributed by atoms with E-state index < -0.39 is 0 Å². The second-order valence-electron chi connectivity index (χ2n) is 4.51. The largest absolute Gasteiger partial charge is 0.323 e. The monoisotopic (exact) mass is 329 g/mol. The molecule has 2 N–H and O–H groups in total. The van der Waals surface area contributed by atoms with Crippen molar-refractivity contribution in [3.8, 4) is 5.82 Å². The number of amides is 1. The Balaban J connectivity index is 0.00000110. The topological polar surface area (TPSA) is 71.8 Å². The maximum absolute atomic E-state index is 11.9. The van der Waals surface area contributed by atoms with Crippen molar-refractivity contribution < 1.29 is 4.79 Å². The highest BCUT2D eigenvalue weighted by Gasteiger charge is 2.21. The number of aromatic nitrogens is 3. The summed E-state index contributed by atoms with van der Waals surface area (Å²) in [5.74, 6) is 0.782. The summed E-state index contributed by atoms with van der Waals surface area (Å²) in [6.07, 6.45) is 8.81. The number of imidazole rings is 1. The molecule has 1 atom stereocenters. The van der Waals surface area contributed by atoms with Crippen LogP contribution < -0.4 is 10.6 Å². The van der Waals surface area contributed by atoms with Gasteiger partial charge in [0.2, 0.25) is 5.91 Å². The normalized spacial score (nSPS) is 16.7. The number of rotatable bonds is 3. The molecule has 1 fully saturated rings. The molecule has 6 nitrogen and oxygen atoms in total. The Morgan fingerprint density at radius 3 is 2.81 bits per heavy atom. The van der Waals surface area contributed by atoms with Crippen molar-refractivity contribution in [3.05, 3.63) is 37.1 Å². The number of carbonyl (C=O) groups excluding carboxylic acids is 1. The SMILES string of the molecule is Cl.Cl.O=C(Nc1ccc(-n2ccnc2)nc1)[C@@H]1CCCN1. The van der Waals surface area contributed by atoms with Crippen LogP contribution in [0.15, 0.2) is 37.1 Å². The van der Waals surface area contributed by atoms with Crippen LogP contribution in [0.1, 0.15) is 12.8 Å². The Bertz CT molecular complexity index is 552. The van der Waals surface area contributed by atoms with Crippen molar-refractivity contribution in [1.29, 1.82) is 0 Å². The van der Waals surface area contributed by atoms with Gasteiger partial charge in [-0.25, -0.2) is 9.97 Å². The van der Waals surface area contributed by atoms with Gasteiger partial charge in [-0.1, -0.05) is 0 Å². The average Bonchev–Trinajstić information content (AvgIpc) is 3.13. The molecule has 0 spiro atoms. The molecule has 1 aliphatic rings. The van der Waals surface area contributed by atoms with Crippen molar-refractivity contribution in [2.45, 2.75) is 18.9 Å². The van der Waals surface area contributed by atoms with E-state index in [2.05, 4.69) is 20.6 Å². The molecule has 0 aromatic carbocycles. The van der Waals surface area contributed by atoms with E-state index in [1.807, 2.05) is 22.9 Å². The van der Waals surface area contributed by atoms with Gasteiger partial charge in [-0.15, -0.1) is 24.8 Å². The summed E-state index contributed by atoms with van der Waals surface area (Å²) in [5.41, 5.74) is 0.711. The van der Waals surface area contributed by atoms with Crippen LogP contribution in [0, 0.1) is 0 Å². The van der Waals surface area contributed by atoms with Crippen molar-refractivity contribution in [1.82, 2.24) is 19.9 Å². The summed E-state index contributed by atoms with van der Waals surface area (Å²) >= 11 is 0. The Morgan fingerprint density at radius 1 is 1.38 bits per heavy atom. The van der Waals surface area contributed by atoms with Crippen LogP contribution in [-0.4, -0.2) is 33.0 Å². The van der Waals surface area contributed by atoms with E-state index in [1.165, 1.54) is 0 Å². The van der Waals surface area contributed by atoms with E-state index in [0.29, 0.717) is 5.69 Å². The van der Waals surface area contributed by atoms with Gasteiger partial charge in [0.1, 0.15) is 12.1 Å². The summed E-state index contributed by atoms with van der Waals surface area (Å²) < 4.78 is 1.81. The van der Waals surface area contributed by atoms with Gasteiger partial charge in [0.15, 0.2) is 0 Å². The maximum atomic E-state index is 11.9. The fourth-order valence-corrected chi connectivity index (χ4v) is 2.15. The first kappa shape index (κ1) is 17.4. The highest BCUT2D eigenvalue weighted by Crippen LogP contribution is 2.12. The predicted molar refractivity (Wildman–Crippen MR) is 85.5 cm³/mol. The number of carbonyl (C=O) groups is 1.